The minimum Gasteiger partial charge on any atom is -0.299 e. The summed E-state index contributed by atoms with van der Waals surface area (Å²) in [6.07, 6.45) is 0.741. The first-order chi connectivity index (χ1) is 6.59. The van der Waals surface area contributed by atoms with Crippen LogP contribution in [0.4, 0.5) is 0 Å². The molecule has 0 aliphatic heterocycles. The van der Waals surface area contributed by atoms with Crippen LogP contribution in [0.3, 0.4) is 0 Å². The lowest BCUT2D eigenvalue weighted by molar-refractivity contribution is -0.130. The van der Waals surface area contributed by atoms with Crippen molar-refractivity contribution in [1.82, 2.24) is 0 Å². The van der Waals surface area contributed by atoms with E-state index in [1.807, 2.05) is 6.92 Å². The van der Waals surface area contributed by atoms with E-state index in [0.717, 1.165) is 6.42 Å². The maximum Gasteiger partial charge on any atom is 0.136 e. The minimum atomic E-state index is 0.233. The van der Waals surface area contributed by atoms with E-state index in [2.05, 4.69) is 32.0 Å². The summed E-state index contributed by atoms with van der Waals surface area (Å²) in [6, 6.07) is 6.51. The fraction of sp³-hybridized carbons (Fsp3) is 0.462. The Hall–Kier alpha value is -1.11. The molecule has 0 saturated heterocycles. The predicted molar refractivity (Wildman–Crippen MR) is 57.4 cm³/mol. The van der Waals surface area contributed by atoms with E-state index in [4.69, 9.17) is 0 Å². The molecule has 14 heavy (non-hydrogen) atoms. The number of hydrogen-bond acceptors (Lipinski definition) is 1. The van der Waals surface area contributed by atoms with E-state index in [1.165, 1.54) is 16.7 Å². The minimum absolute atomic E-state index is 0.233. The monoisotopic (exact) mass is 188 g/mol. The molecule has 0 amide bonds. The Morgan fingerprint density at radius 3 is 2.50 bits per heavy atom. The Morgan fingerprint density at radius 1 is 1.29 bits per heavy atom. The van der Waals surface area contributed by atoms with Gasteiger partial charge in [0.05, 0.1) is 0 Å². The van der Waals surface area contributed by atoms with Crippen LogP contribution in [0.5, 0.6) is 0 Å². The Bertz CT molecular complexity index is 379. The summed E-state index contributed by atoms with van der Waals surface area (Å²) in [5.41, 5.74) is 3.99. The molecule has 2 atom stereocenters. The number of carbonyl (C=O) groups excluding carboxylic acids is 1. The van der Waals surface area contributed by atoms with Crippen molar-refractivity contribution in [3.8, 4) is 0 Å². The molecular weight excluding hydrogens is 172 g/mol. The Morgan fingerprint density at radius 2 is 2.00 bits per heavy atom. The highest BCUT2D eigenvalue weighted by Crippen LogP contribution is 2.40. The van der Waals surface area contributed by atoms with Gasteiger partial charge in [0.25, 0.3) is 0 Å². The van der Waals surface area contributed by atoms with Gasteiger partial charge in [-0.25, -0.2) is 0 Å². The maximum absolute atomic E-state index is 11.2. The van der Waals surface area contributed by atoms with Gasteiger partial charge in [0.15, 0.2) is 0 Å². The highest BCUT2D eigenvalue weighted by Gasteiger charge is 2.37. The van der Waals surface area contributed by atoms with Gasteiger partial charge in [-0.2, -0.15) is 0 Å². The van der Waals surface area contributed by atoms with Gasteiger partial charge in [0.2, 0.25) is 0 Å². The number of hydrogen-bond donors (Lipinski definition) is 0. The average Bonchev–Trinajstić information content (AvgIpc) is 2.15. The van der Waals surface area contributed by atoms with Crippen LogP contribution in [0, 0.1) is 19.8 Å². The molecule has 0 bridgehead atoms. The van der Waals surface area contributed by atoms with Gasteiger partial charge in [-0.3, -0.25) is 4.79 Å². The second-order valence-electron chi connectivity index (χ2n) is 4.43. The van der Waals surface area contributed by atoms with E-state index in [1.54, 1.807) is 0 Å². The van der Waals surface area contributed by atoms with E-state index >= 15 is 0 Å². The zero-order valence-electron chi connectivity index (χ0n) is 9.00. The summed E-state index contributed by atoms with van der Waals surface area (Å²) in [7, 11) is 0. The molecule has 1 aromatic carbocycles. The van der Waals surface area contributed by atoms with E-state index in [-0.39, 0.29) is 5.92 Å². The summed E-state index contributed by atoms with van der Waals surface area (Å²) in [4.78, 5) is 11.2. The van der Waals surface area contributed by atoms with E-state index < -0.39 is 0 Å². The number of Topliss-reactive ketones (excluding diaryl/α,β-unsaturated/α-hetero) is 1. The van der Waals surface area contributed by atoms with Crippen LogP contribution in [0.25, 0.3) is 0 Å². The lowest BCUT2D eigenvalue weighted by Crippen LogP contribution is -2.33. The van der Waals surface area contributed by atoms with Crippen molar-refractivity contribution >= 4 is 5.78 Å². The largest absolute Gasteiger partial charge is 0.299 e. The van der Waals surface area contributed by atoms with Gasteiger partial charge in [-0.15, -0.1) is 0 Å². The van der Waals surface area contributed by atoms with Crippen molar-refractivity contribution in [2.45, 2.75) is 33.1 Å². The quantitative estimate of drug-likeness (QED) is 0.662. The molecule has 0 N–H and O–H groups in total. The Balaban J connectivity index is 2.30. The molecule has 0 spiro atoms. The first-order valence-corrected chi connectivity index (χ1v) is 5.19. The third-order valence-electron chi connectivity index (χ3n) is 3.36. The molecule has 0 heterocycles. The standard InChI is InChI=1S/C13H16O/c1-8-4-5-11(9(2)6-8)12-7-13(14)10(12)3/h4-6,10,12H,7H2,1-3H3. The van der Waals surface area contributed by atoms with Crippen LogP contribution in [0.1, 0.15) is 36.0 Å². The van der Waals surface area contributed by atoms with Crippen LogP contribution in [0.2, 0.25) is 0 Å². The number of carbonyl (C=O) groups is 1. The van der Waals surface area contributed by atoms with Gasteiger partial charge in [-0.1, -0.05) is 30.7 Å². The van der Waals surface area contributed by atoms with Gasteiger partial charge in [0.1, 0.15) is 5.78 Å². The van der Waals surface area contributed by atoms with Crippen molar-refractivity contribution in [2.75, 3.05) is 0 Å². The van der Waals surface area contributed by atoms with Crippen molar-refractivity contribution in [1.29, 1.82) is 0 Å². The molecule has 2 unspecified atom stereocenters. The molecular formula is C13H16O. The van der Waals surface area contributed by atoms with Crippen LogP contribution < -0.4 is 0 Å². The Labute approximate surface area is 85.1 Å². The van der Waals surface area contributed by atoms with Gasteiger partial charge >= 0.3 is 0 Å². The van der Waals surface area contributed by atoms with Crippen molar-refractivity contribution in [3.05, 3.63) is 34.9 Å². The zero-order valence-corrected chi connectivity index (χ0v) is 9.00. The fourth-order valence-corrected chi connectivity index (χ4v) is 2.26. The number of rotatable bonds is 1. The van der Waals surface area contributed by atoms with Crippen molar-refractivity contribution in [3.63, 3.8) is 0 Å². The molecule has 0 aromatic heterocycles. The molecule has 1 saturated carbocycles. The summed E-state index contributed by atoms with van der Waals surface area (Å²) in [5.74, 6) is 1.12. The SMILES string of the molecule is Cc1ccc(C2CC(=O)C2C)c(C)c1. The average molecular weight is 188 g/mol. The Kier molecular flexibility index (Phi) is 2.18. The molecule has 74 valence electrons. The predicted octanol–water partition coefficient (Wildman–Crippen LogP) is 3.00. The molecule has 1 fully saturated rings. The van der Waals surface area contributed by atoms with Crippen molar-refractivity contribution < 1.29 is 4.79 Å². The second-order valence-corrected chi connectivity index (χ2v) is 4.43. The lowest BCUT2D eigenvalue weighted by atomic mass is 9.69. The summed E-state index contributed by atoms with van der Waals surface area (Å²) in [5, 5.41) is 0. The third kappa shape index (κ3) is 1.37. The molecule has 2 rings (SSSR count). The first kappa shape index (κ1) is 9.45. The van der Waals surface area contributed by atoms with Gasteiger partial charge in [0, 0.05) is 18.3 Å². The molecule has 1 heteroatoms. The molecule has 1 nitrogen and oxygen atoms in total. The number of aryl methyl sites for hydroxylation is 2. The molecule has 0 radical (unpaired) electrons. The van der Waals surface area contributed by atoms with E-state index in [9.17, 15) is 4.79 Å². The van der Waals surface area contributed by atoms with Crippen LogP contribution in [-0.4, -0.2) is 5.78 Å². The zero-order chi connectivity index (χ0) is 10.3. The fourth-order valence-electron chi connectivity index (χ4n) is 2.26. The smallest absolute Gasteiger partial charge is 0.136 e. The molecule has 1 aromatic rings. The third-order valence-corrected chi connectivity index (χ3v) is 3.36. The normalized spacial score (nSPS) is 26.1. The highest BCUT2D eigenvalue weighted by molar-refractivity contribution is 5.89. The first-order valence-electron chi connectivity index (χ1n) is 5.19. The van der Waals surface area contributed by atoms with Crippen LogP contribution >= 0.6 is 0 Å². The number of ketones is 1. The molecule has 1 aliphatic rings. The maximum atomic E-state index is 11.2. The topological polar surface area (TPSA) is 17.1 Å². The van der Waals surface area contributed by atoms with Crippen LogP contribution in [0.15, 0.2) is 18.2 Å². The lowest BCUT2D eigenvalue weighted by Gasteiger charge is -2.33. The van der Waals surface area contributed by atoms with Gasteiger partial charge in [-0.05, 0) is 25.0 Å². The molecule has 1 aliphatic carbocycles. The van der Waals surface area contributed by atoms with Crippen molar-refractivity contribution in [2.24, 2.45) is 5.92 Å². The summed E-state index contributed by atoms with van der Waals surface area (Å²) in [6.45, 7) is 6.28. The van der Waals surface area contributed by atoms with E-state index in [0.29, 0.717) is 11.7 Å². The summed E-state index contributed by atoms with van der Waals surface area (Å²) < 4.78 is 0. The number of benzene rings is 1. The second kappa shape index (κ2) is 3.23. The van der Waals surface area contributed by atoms with Crippen LogP contribution in [-0.2, 0) is 4.79 Å². The van der Waals surface area contributed by atoms with Gasteiger partial charge < -0.3 is 0 Å². The highest BCUT2D eigenvalue weighted by atomic mass is 16.1. The summed E-state index contributed by atoms with van der Waals surface area (Å²) >= 11 is 0.